The molecule has 0 radical (unpaired) electrons. The molecule has 30 heavy (non-hydrogen) atoms. The fourth-order valence-electron chi connectivity index (χ4n) is 4.88. The topological polar surface area (TPSA) is 35.4 Å². The Morgan fingerprint density at radius 3 is 2.70 bits per heavy atom. The van der Waals surface area contributed by atoms with Crippen LogP contribution in [0.15, 0.2) is 42.5 Å². The normalized spacial score (nSPS) is 15.5. The van der Waals surface area contributed by atoms with E-state index in [-0.39, 0.29) is 12.4 Å². The summed E-state index contributed by atoms with van der Waals surface area (Å²) in [6.45, 7) is 4.82. The molecule has 0 atom stereocenters. The first-order valence-electron chi connectivity index (χ1n) is 11.1. The van der Waals surface area contributed by atoms with Crippen LogP contribution in [0.1, 0.15) is 36.1 Å². The van der Waals surface area contributed by atoms with Crippen LogP contribution in [0.5, 0.6) is 11.5 Å². The zero-order chi connectivity index (χ0) is 19.5. The van der Waals surface area contributed by atoms with Gasteiger partial charge in [-0.05, 0) is 68.5 Å². The van der Waals surface area contributed by atoms with Gasteiger partial charge in [-0.3, -0.25) is 0 Å². The largest absolute Gasteiger partial charge is 0.494 e. The molecule has 0 fully saturated rings. The molecular weight excluding hydrogens is 396 g/mol. The summed E-state index contributed by atoms with van der Waals surface area (Å²) in [6.07, 6.45) is 6.69. The van der Waals surface area contributed by atoms with E-state index in [4.69, 9.17) is 9.47 Å². The Bertz CT molecular complexity index is 984. The van der Waals surface area contributed by atoms with Crippen LogP contribution in [0, 0.1) is 0 Å². The van der Waals surface area contributed by atoms with Crippen LogP contribution in [0.2, 0.25) is 0 Å². The van der Waals surface area contributed by atoms with Crippen LogP contribution in [0.4, 0.5) is 0 Å². The molecule has 0 aliphatic carbocycles. The van der Waals surface area contributed by atoms with E-state index in [9.17, 15) is 0 Å². The molecule has 0 unspecified atom stereocenters. The number of nitrogens with zero attached hydrogens (tertiary/aromatic N) is 1. The van der Waals surface area contributed by atoms with E-state index < -0.39 is 0 Å². The van der Waals surface area contributed by atoms with Gasteiger partial charge in [0.05, 0.1) is 13.2 Å². The number of fused-ring (bicyclic) bond motifs is 5. The highest BCUT2D eigenvalue weighted by molar-refractivity contribution is 5.91. The first kappa shape index (κ1) is 21.1. The number of halogens is 1. The van der Waals surface area contributed by atoms with Crippen LogP contribution in [-0.2, 0) is 25.8 Å². The van der Waals surface area contributed by atoms with Gasteiger partial charge in [-0.1, -0.05) is 18.2 Å². The smallest absolute Gasteiger partial charge is 0.123 e. The minimum Gasteiger partial charge on any atom is -0.494 e. The minimum absolute atomic E-state index is 0. The van der Waals surface area contributed by atoms with Crippen molar-refractivity contribution in [1.29, 1.82) is 0 Å². The molecule has 1 N–H and O–H groups in total. The van der Waals surface area contributed by atoms with E-state index in [1.165, 1.54) is 22.2 Å². The monoisotopic (exact) mass is 426 g/mol. The van der Waals surface area contributed by atoms with E-state index in [2.05, 4.69) is 22.0 Å². The van der Waals surface area contributed by atoms with Gasteiger partial charge in [0.25, 0.3) is 0 Å². The quantitative estimate of drug-likeness (QED) is 0.567. The molecule has 0 saturated carbocycles. The van der Waals surface area contributed by atoms with Crippen molar-refractivity contribution < 1.29 is 9.47 Å². The number of benzene rings is 2. The number of hydrogen-bond acceptors (Lipinski definition) is 3. The number of aromatic nitrogens is 1. The van der Waals surface area contributed by atoms with Crippen LogP contribution >= 0.6 is 12.4 Å². The van der Waals surface area contributed by atoms with Crippen molar-refractivity contribution in [3.63, 3.8) is 0 Å². The molecule has 1 aromatic heterocycles. The summed E-state index contributed by atoms with van der Waals surface area (Å²) in [5, 5.41) is 5.07. The maximum atomic E-state index is 5.98. The van der Waals surface area contributed by atoms with E-state index in [1.54, 1.807) is 5.56 Å². The number of para-hydroxylation sites is 1. The maximum Gasteiger partial charge on any atom is 0.123 e. The van der Waals surface area contributed by atoms with Crippen molar-refractivity contribution in [3.8, 4) is 11.5 Å². The van der Waals surface area contributed by atoms with Crippen molar-refractivity contribution in [1.82, 2.24) is 9.88 Å². The van der Waals surface area contributed by atoms with Gasteiger partial charge in [-0.15, -0.1) is 12.4 Å². The molecule has 2 aromatic carbocycles. The zero-order valence-electron chi connectivity index (χ0n) is 17.5. The van der Waals surface area contributed by atoms with Crippen LogP contribution in [0.3, 0.4) is 0 Å². The molecule has 3 heterocycles. The van der Waals surface area contributed by atoms with E-state index in [1.807, 2.05) is 30.3 Å². The Balaban J connectivity index is 0.00000218. The standard InChI is InChI=1S/C25H30N2O2.ClH/c1-2-7-19(8-3-1)28-17-5-4-16-27-22-13-15-26-14-12-20(22)25-21-9-6-18-29-24(21)11-10-23(25)27;/h1-3,7-8,10-11,26H,4-6,9,12-18H2;1H. The van der Waals surface area contributed by atoms with Gasteiger partial charge in [0.15, 0.2) is 0 Å². The summed E-state index contributed by atoms with van der Waals surface area (Å²) in [7, 11) is 0. The summed E-state index contributed by atoms with van der Waals surface area (Å²) in [6, 6.07) is 14.6. The first-order valence-corrected chi connectivity index (χ1v) is 11.1. The lowest BCUT2D eigenvalue weighted by Gasteiger charge is -2.19. The number of unbranched alkanes of at least 4 members (excludes halogenated alkanes) is 1. The lowest BCUT2D eigenvalue weighted by Crippen LogP contribution is -2.17. The molecule has 0 amide bonds. The van der Waals surface area contributed by atoms with Crippen molar-refractivity contribution in [2.45, 2.75) is 45.1 Å². The lowest BCUT2D eigenvalue weighted by molar-refractivity contribution is 0.289. The van der Waals surface area contributed by atoms with Gasteiger partial charge in [0.2, 0.25) is 0 Å². The Morgan fingerprint density at radius 1 is 0.933 bits per heavy atom. The van der Waals surface area contributed by atoms with Gasteiger partial charge < -0.3 is 19.4 Å². The van der Waals surface area contributed by atoms with Gasteiger partial charge in [-0.25, -0.2) is 0 Å². The third-order valence-electron chi connectivity index (χ3n) is 6.22. The van der Waals surface area contributed by atoms with Gasteiger partial charge in [-0.2, -0.15) is 0 Å². The number of hydrogen-bond donors (Lipinski definition) is 1. The molecule has 2 aliphatic heterocycles. The van der Waals surface area contributed by atoms with Crippen molar-refractivity contribution in [2.75, 3.05) is 26.3 Å². The lowest BCUT2D eigenvalue weighted by atomic mass is 9.97. The zero-order valence-corrected chi connectivity index (χ0v) is 18.3. The van der Waals surface area contributed by atoms with Crippen LogP contribution < -0.4 is 14.8 Å². The molecule has 160 valence electrons. The maximum absolute atomic E-state index is 5.98. The SMILES string of the molecule is Cl.c1ccc(OCCCCn2c3c(c4c5c(ccc42)OCCC5)CCNCC3)cc1. The molecule has 2 aliphatic rings. The molecule has 4 nitrogen and oxygen atoms in total. The average Bonchev–Trinajstić information content (AvgIpc) is 2.90. The number of aryl methyl sites for hydroxylation is 2. The summed E-state index contributed by atoms with van der Waals surface area (Å²) >= 11 is 0. The number of nitrogens with one attached hydrogen (secondary N) is 1. The number of rotatable bonds is 6. The highest BCUT2D eigenvalue weighted by Crippen LogP contribution is 2.38. The Kier molecular flexibility index (Phi) is 6.86. The molecule has 5 heteroatoms. The minimum atomic E-state index is 0. The van der Waals surface area contributed by atoms with Gasteiger partial charge in [0, 0.05) is 41.7 Å². The van der Waals surface area contributed by atoms with E-state index in [0.717, 1.165) is 82.9 Å². The van der Waals surface area contributed by atoms with Crippen LogP contribution in [-0.4, -0.2) is 30.9 Å². The Hall–Kier alpha value is -2.17. The fourth-order valence-corrected chi connectivity index (χ4v) is 4.88. The van der Waals surface area contributed by atoms with Crippen molar-refractivity contribution >= 4 is 23.3 Å². The second kappa shape index (κ2) is 9.76. The van der Waals surface area contributed by atoms with Crippen molar-refractivity contribution in [3.05, 3.63) is 59.3 Å². The van der Waals surface area contributed by atoms with Crippen LogP contribution in [0.25, 0.3) is 10.9 Å². The molecule has 0 saturated heterocycles. The summed E-state index contributed by atoms with van der Waals surface area (Å²) in [4.78, 5) is 0. The second-order valence-electron chi connectivity index (χ2n) is 8.08. The van der Waals surface area contributed by atoms with E-state index in [0.29, 0.717) is 0 Å². The van der Waals surface area contributed by atoms with E-state index >= 15 is 0 Å². The second-order valence-corrected chi connectivity index (χ2v) is 8.08. The Labute approximate surface area is 185 Å². The summed E-state index contributed by atoms with van der Waals surface area (Å²) in [5.41, 5.74) is 5.95. The first-order chi connectivity index (χ1) is 14.4. The predicted octanol–water partition coefficient (Wildman–Crippen LogP) is 4.94. The average molecular weight is 427 g/mol. The molecule has 3 aromatic rings. The Morgan fingerprint density at radius 2 is 1.80 bits per heavy atom. The fraction of sp³-hybridized carbons (Fsp3) is 0.440. The summed E-state index contributed by atoms with van der Waals surface area (Å²) in [5.74, 6) is 2.07. The van der Waals surface area contributed by atoms with Crippen molar-refractivity contribution in [2.24, 2.45) is 0 Å². The van der Waals surface area contributed by atoms with Gasteiger partial charge >= 0.3 is 0 Å². The molecular formula is C25H31ClN2O2. The third kappa shape index (κ3) is 4.17. The molecule has 0 bridgehead atoms. The predicted molar refractivity (Wildman–Crippen MR) is 124 cm³/mol. The third-order valence-corrected chi connectivity index (χ3v) is 6.22. The molecule has 5 rings (SSSR count). The highest BCUT2D eigenvalue weighted by Gasteiger charge is 2.24. The summed E-state index contributed by atoms with van der Waals surface area (Å²) < 4.78 is 14.5. The number of ether oxygens (including phenoxy) is 2. The van der Waals surface area contributed by atoms with Gasteiger partial charge in [0.1, 0.15) is 11.5 Å². The highest BCUT2D eigenvalue weighted by atomic mass is 35.5. The molecule has 0 spiro atoms.